The Labute approximate surface area is 143 Å². The molecular weight excluding hydrogens is 326 g/mol. The second-order valence-electron chi connectivity index (χ2n) is 6.35. The van der Waals surface area contributed by atoms with Crippen molar-refractivity contribution in [2.45, 2.75) is 37.8 Å². The van der Waals surface area contributed by atoms with Crippen LogP contribution in [0.1, 0.15) is 25.7 Å². The van der Waals surface area contributed by atoms with Gasteiger partial charge in [-0.3, -0.25) is 4.98 Å². The van der Waals surface area contributed by atoms with E-state index in [1.807, 2.05) is 30.3 Å². The van der Waals surface area contributed by atoms with E-state index in [4.69, 9.17) is 4.74 Å². The summed E-state index contributed by atoms with van der Waals surface area (Å²) in [5.41, 5.74) is 0.951. The van der Waals surface area contributed by atoms with Crippen molar-refractivity contribution in [3.8, 4) is 5.75 Å². The summed E-state index contributed by atoms with van der Waals surface area (Å²) in [7, 11) is -0.296. The van der Waals surface area contributed by atoms with Gasteiger partial charge in [0.25, 0.3) is 10.2 Å². The number of benzene rings is 1. The monoisotopic (exact) mass is 349 g/mol. The Bertz CT molecular complexity index is 800. The highest BCUT2D eigenvalue weighted by Gasteiger charge is 2.26. The minimum Gasteiger partial charge on any atom is -0.490 e. The summed E-state index contributed by atoms with van der Waals surface area (Å²) >= 11 is 0. The third kappa shape index (κ3) is 4.03. The number of nitrogens with zero attached hydrogens (tertiary/aromatic N) is 2. The van der Waals surface area contributed by atoms with Gasteiger partial charge in [-0.25, -0.2) is 0 Å². The van der Waals surface area contributed by atoms with Crippen molar-refractivity contribution >= 4 is 21.1 Å². The van der Waals surface area contributed by atoms with E-state index in [1.165, 1.54) is 18.4 Å². The molecule has 0 aliphatic heterocycles. The summed E-state index contributed by atoms with van der Waals surface area (Å²) in [6.07, 6.45) is 5.15. The predicted octanol–water partition coefficient (Wildman–Crippen LogP) is 2.32. The van der Waals surface area contributed by atoms with Gasteiger partial charge >= 0.3 is 0 Å². The molecule has 0 atom stereocenters. The molecule has 1 saturated carbocycles. The molecule has 1 aromatic heterocycles. The van der Waals surface area contributed by atoms with Crippen molar-refractivity contribution in [3.63, 3.8) is 0 Å². The van der Waals surface area contributed by atoms with Gasteiger partial charge in [-0.1, -0.05) is 6.07 Å². The zero-order chi connectivity index (χ0) is 17.2. The van der Waals surface area contributed by atoms with Gasteiger partial charge in [-0.15, -0.1) is 0 Å². The van der Waals surface area contributed by atoms with Gasteiger partial charge in [0.2, 0.25) is 0 Å². The fraction of sp³-hybridized carbons (Fsp3) is 0.471. The first-order valence-electron chi connectivity index (χ1n) is 8.15. The Morgan fingerprint density at radius 3 is 2.62 bits per heavy atom. The molecular formula is C17H23N3O3S. The third-order valence-corrected chi connectivity index (χ3v) is 5.94. The quantitative estimate of drug-likeness (QED) is 0.899. The normalized spacial score (nSPS) is 22.0. The first kappa shape index (κ1) is 17.1. The van der Waals surface area contributed by atoms with Gasteiger partial charge in [0.1, 0.15) is 5.75 Å². The molecule has 1 fully saturated rings. The summed E-state index contributed by atoms with van der Waals surface area (Å²) in [5.74, 6) is 0.841. The van der Waals surface area contributed by atoms with Gasteiger partial charge in [0, 0.05) is 31.7 Å². The molecule has 130 valence electrons. The molecule has 1 heterocycles. The number of hydrogen-bond acceptors (Lipinski definition) is 4. The molecule has 1 aromatic carbocycles. The fourth-order valence-electron chi connectivity index (χ4n) is 2.93. The summed E-state index contributed by atoms with van der Waals surface area (Å²) < 4.78 is 33.8. The van der Waals surface area contributed by atoms with Crippen molar-refractivity contribution in [1.82, 2.24) is 14.0 Å². The molecule has 0 unspecified atom stereocenters. The van der Waals surface area contributed by atoms with E-state index in [-0.39, 0.29) is 12.1 Å². The van der Waals surface area contributed by atoms with Crippen molar-refractivity contribution in [1.29, 1.82) is 0 Å². The lowest BCUT2D eigenvalue weighted by molar-refractivity contribution is 0.144. The van der Waals surface area contributed by atoms with Gasteiger partial charge in [-0.05, 0) is 49.9 Å². The molecule has 0 bridgehead atoms. The summed E-state index contributed by atoms with van der Waals surface area (Å²) in [6.45, 7) is 0. The van der Waals surface area contributed by atoms with Crippen LogP contribution in [0, 0.1) is 0 Å². The molecule has 7 heteroatoms. The van der Waals surface area contributed by atoms with Crippen molar-refractivity contribution in [2.24, 2.45) is 0 Å². The molecule has 1 aliphatic carbocycles. The molecule has 2 aromatic rings. The lowest BCUT2D eigenvalue weighted by Gasteiger charge is -2.30. The number of nitrogens with one attached hydrogen (secondary N) is 1. The first-order valence-corrected chi connectivity index (χ1v) is 9.59. The van der Waals surface area contributed by atoms with E-state index in [0.29, 0.717) is 0 Å². The molecule has 3 rings (SSSR count). The third-order valence-electron chi connectivity index (χ3n) is 4.35. The van der Waals surface area contributed by atoms with E-state index < -0.39 is 10.2 Å². The smallest absolute Gasteiger partial charge is 0.279 e. The lowest BCUT2D eigenvalue weighted by Crippen LogP contribution is -2.44. The topological polar surface area (TPSA) is 71.5 Å². The van der Waals surface area contributed by atoms with Crippen molar-refractivity contribution in [3.05, 3.63) is 36.5 Å². The Balaban J connectivity index is 1.57. The Morgan fingerprint density at radius 1 is 1.17 bits per heavy atom. The molecule has 1 aliphatic rings. The number of ether oxygens (including phenoxy) is 1. The lowest BCUT2D eigenvalue weighted by atomic mass is 9.93. The number of hydrogen-bond donors (Lipinski definition) is 1. The fourth-order valence-corrected chi connectivity index (χ4v) is 3.80. The number of pyridine rings is 1. The largest absolute Gasteiger partial charge is 0.490 e. The maximum absolute atomic E-state index is 11.9. The highest BCUT2D eigenvalue weighted by atomic mass is 32.2. The molecule has 0 amide bonds. The van der Waals surface area contributed by atoms with Crippen LogP contribution >= 0.6 is 0 Å². The van der Waals surface area contributed by atoms with Crippen LogP contribution in [0.2, 0.25) is 0 Å². The summed E-state index contributed by atoms with van der Waals surface area (Å²) in [5, 5.41) is 1.06. The van der Waals surface area contributed by atoms with Crippen molar-refractivity contribution in [2.75, 3.05) is 14.1 Å². The average molecular weight is 349 g/mol. The SMILES string of the molecule is CN(C)S(=O)(=O)NC1CCC(Oc2ccc3ncccc3c2)CC1. The average Bonchev–Trinajstić information content (AvgIpc) is 2.56. The van der Waals surface area contributed by atoms with Gasteiger partial charge < -0.3 is 4.74 Å². The van der Waals surface area contributed by atoms with Crippen molar-refractivity contribution < 1.29 is 13.2 Å². The van der Waals surface area contributed by atoms with Crippen LogP contribution in [-0.4, -0.2) is 43.9 Å². The van der Waals surface area contributed by atoms with Crippen LogP contribution in [0.3, 0.4) is 0 Å². The Morgan fingerprint density at radius 2 is 1.92 bits per heavy atom. The highest BCUT2D eigenvalue weighted by Crippen LogP contribution is 2.26. The number of rotatable bonds is 5. The number of aromatic nitrogens is 1. The maximum atomic E-state index is 11.9. The van der Waals surface area contributed by atoms with E-state index in [9.17, 15) is 8.42 Å². The minimum absolute atomic E-state index is 0.0157. The van der Waals surface area contributed by atoms with Crippen LogP contribution in [0.25, 0.3) is 10.9 Å². The van der Waals surface area contributed by atoms with E-state index >= 15 is 0 Å². The van der Waals surface area contributed by atoms with E-state index in [2.05, 4.69) is 9.71 Å². The zero-order valence-electron chi connectivity index (χ0n) is 14.0. The van der Waals surface area contributed by atoms with E-state index in [1.54, 1.807) is 6.20 Å². The molecule has 0 radical (unpaired) electrons. The molecule has 0 saturated heterocycles. The molecule has 1 N–H and O–H groups in total. The van der Waals surface area contributed by atoms with Crippen LogP contribution in [0.5, 0.6) is 5.75 Å². The van der Waals surface area contributed by atoms with Crippen LogP contribution in [0.4, 0.5) is 0 Å². The number of fused-ring (bicyclic) bond motifs is 1. The summed E-state index contributed by atoms with van der Waals surface area (Å²) in [4.78, 5) is 4.30. The van der Waals surface area contributed by atoms with E-state index in [0.717, 1.165) is 42.3 Å². The summed E-state index contributed by atoms with van der Waals surface area (Å²) in [6, 6.07) is 9.81. The van der Waals surface area contributed by atoms with Gasteiger partial charge in [0.05, 0.1) is 11.6 Å². The Hall–Kier alpha value is -1.70. The maximum Gasteiger partial charge on any atom is 0.279 e. The molecule has 6 nitrogen and oxygen atoms in total. The molecule has 0 spiro atoms. The standard InChI is InChI=1S/C17H23N3O3S/c1-20(2)24(21,22)19-14-5-7-15(8-6-14)23-16-9-10-17-13(12-16)4-3-11-18-17/h3-4,9-12,14-15,19H,5-8H2,1-2H3. The Kier molecular flexibility index (Phi) is 5.03. The highest BCUT2D eigenvalue weighted by molar-refractivity contribution is 7.87. The van der Waals surface area contributed by atoms with Gasteiger partial charge in [-0.2, -0.15) is 17.4 Å². The van der Waals surface area contributed by atoms with Gasteiger partial charge in [0.15, 0.2) is 0 Å². The van der Waals surface area contributed by atoms with Crippen LogP contribution in [0.15, 0.2) is 36.5 Å². The van der Waals surface area contributed by atoms with Crippen LogP contribution < -0.4 is 9.46 Å². The van der Waals surface area contributed by atoms with Crippen LogP contribution in [-0.2, 0) is 10.2 Å². The predicted molar refractivity (Wildman–Crippen MR) is 94.2 cm³/mol. The second-order valence-corrected chi connectivity index (χ2v) is 8.27. The first-order chi connectivity index (χ1) is 11.4. The molecule has 24 heavy (non-hydrogen) atoms. The minimum atomic E-state index is -3.36. The second kappa shape index (κ2) is 7.04. The zero-order valence-corrected chi connectivity index (χ0v) is 14.8.